The highest BCUT2D eigenvalue weighted by molar-refractivity contribution is 5.02. The predicted molar refractivity (Wildman–Crippen MR) is 48.9 cm³/mol. The Balaban J connectivity index is 2.17. The van der Waals surface area contributed by atoms with Crippen LogP contribution >= 0.6 is 0 Å². The van der Waals surface area contributed by atoms with Crippen LogP contribution in [0.25, 0.3) is 0 Å². The van der Waals surface area contributed by atoms with E-state index >= 15 is 0 Å². The van der Waals surface area contributed by atoms with Gasteiger partial charge in [0.1, 0.15) is 0 Å². The fraction of sp³-hybridized carbons (Fsp3) is 1.00. The van der Waals surface area contributed by atoms with E-state index in [1.807, 2.05) is 0 Å². The molecule has 1 aliphatic carbocycles. The van der Waals surface area contributed by atoms with Gasteiger partial charge in [-0.3, -0.25) is 0 Å². The fourth-order valence-corrected chi connectivity index (χ4v) is 3.26. The Morgan fingerprint density at radius 3 is 2.92 bits per heavy atom. The first-order valence-electron chi connectivity index (χ1n) is 5.14. The largest absolute Gasteiger partial charge is 0.395 e. The summed E-state index contributed by atoms with van der Waals surface area (Å²) in [5.74, 6) is 0.810. The summed E-state index contributed by atoms with van der Waals surface area (Å²) < 4.78 is 0. The molecule has 0 aromatic heterocycles. The Morgan fingerprint density at radius 1 is 1.50 bits per heavy atom. The van der Waals surface area contributed by atoms with Crippen LogP contribution in [0.4, 0.5) is 0 Å². The van der Waals surface area contributed by atoms with Crippen molar-refractivity contribution in [2.75, 3.05) is 13.2 Å². The lowest BCUT2D eigenvalue weighted by molar-refractivity contribution is 0.124. The molecule has 2 fully saturated rings. The summed E-state index contributed by atoms with van der Waals surface area (Å²) in [6.45, 7) is 3.78. The van der Waals surface area contributed by atoms with E-state index in [-0.39, 0.29) is 0 Å². The van der Waals surface area contributed by atoms with Gasteiger partial charge in [0.25, 0.3) is 0 Å². The van der Waals surface area contributed by atoms with Gasteiger partial charge in [-0.15, -0.1) is 0 Å². The lowest BCUT2D eigenvalue weighted by atomic mass is 9.73. The fourth-order valence-electron chi connectivity index (χ4n) is 3.26. The normalized spacial score (nSPS) is 47.5. The summed E-state index contributed by atoms with van der Waals surface area (Å²) in [4.78, 5) is 0. The third-order valence-electron chi connectivity index (χ3n) is 4.12. The Bertz CT molecular complexity index is 167. The second-order valence-corrected chi connectivity index (χ2v) is 4.47. The smallest absolute Gasteiger partial charge is 0.0590 e. The Hall–Kier alpha value is -0.0800. The minimum atomic E-state index is 0.324. The van der Waals surface area contributed by atoms with Crippen molar-refractivity contribution in [2.24, 2.45) is 11.3 Å². The monoisotopic (exact) mass is 169 g/mol. The summed E-state index contributed by atoms with van der Waals surface area (Å²) in [6.07, 6.45) is 5.32. The van der Waals surface area contributed by atoms with E-state index in [1.54, 1.807) is 0 Å². The van der Waals surface area contributed by atoms with E-state index in [2.05, 4.69) is 12.2 Å². The lowest BCUT2D eigenvalue weighted by Crippen LogP contribution is -2.41. The van der Waals surface area contributed by atoms with Gasteiger partial charge in [0, 0.05) is 6.04 Å². The van der Waals surface area contributed by atoms with Gasteiger partial charge in [-0.1, -0.05) is 19.8 Å². The second-order valence-electron chi connectivity index (χ2n) is 4.47. The molecule has 1 saturated carbocycles. The van der Waals surface area contributed by atoms with Gasteiger partial charge >= 0.3 is 0 Å². The summed E-state index contributed by atoms with van der Waals surface area (Å²) in [6, 6.07) is 0.384. The number of aliphatic hydroxyl groups is 1. The van der Waals surface area contributed by atoms with Crippen molar-refractivity contribution in [3.8, 4) is 0 Å². The number of rotatable bonds is 1. The van der Waals surface area contributed by atoms with Crippen molar-refractivity contribution >= 4 is 0 Å². The van der Waals surface area contributed by atoms with Gasteiger partial charge in [-0.25, -0.2) is 0 Å². The highest BCUT2D eigenvalue weighted by atomic mass is 16.3. The van der Waals surface area contributed by atoms with Crippen molar-refractivity contribution in [2.45, 2.75) is 38.6 Å². The maximum absolute atomic E-state index is 9.25. The molecule has 1 aliphatic heterocycles. The maximum Gasteiger partial charge on any atom is 0.0590 e. The molecule has 3 atom stereocenters. The van der Waals surface area contributed by atoms with Gasteiger partial charge in [0.2, 0.25) is 0 Å². The standard InChI is InChI=1S/C10H19NO/c1-8-3-2-4-10(8)5-6-11-9(10)7-12/h8-9,11-12H,2-7H2,1H3. The van der Waals surface area contributed by atoms with Crippen LogP contribution < -0.4 is 5.32 Å². The van der Waals surface area contributed by atoms with Crippen LogP contribution in [0.1, 0.15) is 32.6 Å². The second kappa shape index (κ2) is 3.00. The maximum atomic E-state index is 9.25. The molecule has 1 saturated heterocycles. The summed E-state index contributed by atoms with van der Waals surface area (Å²) in [7, 11) is 0. The Labute approximate surface area is 74.4 Å². The first-order valence-corrected chi connectivity index (χ1v) is 5.14. The quantitative estimate of drug-likeness (QED) is 0.617. The van der Waals surface area contributed by atoms with E-state index in [1.165, 1.54) is 25.7 Å². The molecule has 2 nitrogen and oxygen atoms in total. The average molecular weight is 169 g/mol. The minimum absolute atomic E-state index is 0.324. The number of hydrogen-bond donors (Lipinski definition) is 2. The molecule has 0 radical (unpaired) electrons. The zero-order valence-corrected chi connectivity index (χ0v) is 7.84. The van der Waals surface area contributed by atoms with Crippen LogP contribution in [0.15, 0.2) is 0 Å². The van der Waals surface area contributed by atoms with E-state index in [4.69, 9.17) is 0 Å². The van der Waals surface area contributed by atoms with Crippen LogP contribution in [0.5, 0.6) is 0 Å². The van der Waals surface area contributed by atoms with Gasteiger partial charge < -0.3 is 10.4 Å². The predicted octanol–water partition coefficient (Wildman–Crippen LogP) is 1.15. The first-order chi connectivity index (χ1) is 5.79. The van der Waals surface area contributed by atoms with Gasteiger partial charge in [0.05, 0.1) is 6.61 Å². The van der Waals surface area contributed by atoms with Crippen molar-refractivity contribution < 1.29 is 5.11 Å². The molecule has 12 heavy (non-hydrogen) atoms. The summed E-state index contributed by atoms with van der Waals surface area (Å²) >= 11 is 0. The van der Waals surface area contributed by atoms with Crippen LogP contribution in [-0.4, -0.2) is 24.3 Å². The molecule has 2 N–H and O–H groups in total. The Morgan fingerprint density at radius 2 is 2.33 bits per heavy atom. The number of hydrogen-bond acceptors (Lipinski definition) is 2. The average Bonchev–Trinajstić information content (AvgIpc) is 2.62. The molecule has 3 unspecified atom stereocenters. The van der Waals surface area contributed by atoms with Crippen molar-refractivity contribution in [3.63, 3.8) is 0 Å². The van der Waals surface area contributed by atoms with Crippen LogP contribution in [0.2, 0.25) is 0 Å². The molecule has 0 bridgehead atoms. The third kappa shape index (κ3) is 1.01. The Kier molecular flexibility index (Phi) is 2.13. The molecule has 1 spiro atoms. The summed E-state index contributed by atoms with van der Waals surface area (Å²) in [5.41, 5.74) is 0.453. The van der Waals surface area contributed by atoms with Gasteiger partial charge in [0.15, 0.2) is 0 Å². The molecule has 2 aliphatic rings. The zero-order valence-electron chi connectivity index (χ0n) is 7.84. The highest BCUT2D eigenvalue weighted by Crippen LogP contribution is 2.50. The van der Waals surface area contributed by atoms with E-state index in [0.29, 0.717) is 18.1 Å². The molecular formula is C10H19NO. The van der Waals surface area contributed by atoms with Crippen LogP contribution in [0.3, 0.4) is 0 Å². The zero-order chi connectivity index (χ0) is 8.60. The number of aliphatic hydroxyl groups excluding tert-OH is 1. The number of nitrogens with one attached hydrogen (secondary N) is 1. The molecule has 0 aromatic carbocycles. The summed E-state index contributed by atoms with van der Waals surface area (Å²) in [5, 5.41) is 12.7. The van der Waals surface area contributed by atoms with E-state index in [0.717, 1.165) is 12.5 Å². The van der Waals surface area contributed by atoms with Crippen molar-refractivity contribution in [1.29, 1.82) is 0 Å². The van der Waals surface area contributed by atoms with Crippen molar-refractivity contribution in [3.05, 3.63) is 0 Å². The molecule has 0 aromatic rings. The van der Waals surface area contributed by atoms with Gasteiger partial charge in [-0.05, 0) is 30.7 Å². The molecular weight excluding hydrogens is 150 g/mol. The molecule has 1 heterocycles. The van der Waals surface area contributed by atoms with Gasteiger partial charge in [-0.2, -0.15) is 0 Å². The van der Waals surface area contributed by atoms with Crippen LogP contribution in [0, 0.1) is 11.3 Å². The topological polar surface area (TPSA) is 32.3 Å². The molecule has 0 amide bonds. The molecule has 70 valence electrons. The molecule has 2 heteroatoms. The van der Waals surface area contributed by atoms with Crippen LogP contribution in [-0.2, 0) is 0 Å². The lowest BCUT2D eigenvalue weighted by Gasteiger charge is -2.34. The minimum Gasteiger partial charge on any atom is -0.395 e. The molecule has 2 rings (SSSR count). The SMILES string of the molecule is CC1CCCC12CCNC2CO. The first kappa shape index (κ1) is 8.52. The van der Waals surface area contributed by atoms with Crippen molar-refractivity contribution in [1.82, 2.24) is 5.32 Å². The van der Waals surface area contributed by atoms with E-state index in [9.17, 15) is 5.11 Å². The van der Waals surface area contributed by atoms with E-state index < -0.39 is 0 Å². The third-order valence-corrected chi connectivity index (χ3v) is 4.12. The highest BCUT2D eigenvalue weighted by Gasteiger charge is 2.48.